The van der Waals surface area contributed by atoms with E-state index < -0.39 is 10.0 Å². The SMILES string of the molecule is C=C/C=C(\C=C/CS(=O)(=O)N1CCCCC1)CNC(=O)c1ccn2nccc2n1. The second-order valence-corrected chi connectivity index (χ2v) is 8.76. The number of nitrogens with zero attached hydrogens (tertiary/aromatic N) is 4. The number of allylic oxidation sites excluding steroid dienone is 2. The molecule has 3 rings (SSSR count). The Bertz CT molecular complexity index is 1030. The number of nitrogens with one attached hydrogen (secondary N) is 1. The maximum Gasteiger partial charge on any atom is 0.270 e. The van der Waals surface area contributed by atoms with E-state index in [2.05, 4.69) is 22.0 Å². The molecule has 1 amide bonds. The Morgan fingerprint density at radius 1 is 1.24 bits per heavy atom. The average molecular weight is 416 g/mol. The lowest BCUT2D eigenvalue weighted by atomic mass is 10.2. The normalized spacial score (nSPS) is 16.3. The van der Waals surface area contributed by atoms with Crippen molar-refractivity contribution in [1.82, 2.24) is 24.2 Å². The van der Waals surface area contributed by atoms with Gasteiger partial charge >= 0.3 is 0 Å². The van der Waals surface area contributed by atoms with Gasteiger partial charge in [0.05, 0.1) is 11.9 Å². The summed E-state index contributed by atoms with van der Waals surface area (Å²) in [6.45, 7) is 5.09. The first kappa shape index (κ1) is 20.9. The van der Waals surface area contributed by atoms with Gasteiger partial charge in [0, 0.05) is 31.9 Å². The van der Waals surface area contributed by atoms with Gasteiger partial charge in [-0.05, 0) is 24.5 Å². The van der Waals surface area contributed by atoms with Crippen molar-refractivity contribution in [1.29, 1.82) is 0 Å². The first-order chi connectivity index (χ1) is 14.0. The highest BCUT2D eigenvalue weighted by molar-refractivity contribution is 7.89. The first-order valence-corrected chi connectivity index (χ1v) is 11.1. The van der Waals surface area contributed by atoms with Crippen LogP contribution in [0, 0.1) is 0 Å². The number of piperidine rings is 1. The Kier molecular flexibility index (Phi) is 6.95. The van der Waals surface area contributed by atoms with E-state index in [4.69, 9.17) is 0 Å². The lowest BCUT2D eigenvalue weighted by Crippen LogP contribution is -2.36. The van der Waals surface area contributed by atoms with E-state index in [1.807, 2.05) is 0 Å². The molecule has 2 aromatic heterocycles. The van der Waals surface area contributed by atoms with Crippen molar-refractivity contribution in [3.05, 3.63) is 66.7 Å². The van der Waals surface area contributed by atoms with Gasteiger partial charge in [-0.3, -0.25) is 4.79 Å². The predicted molar refractivity (Wildman–Crippen MR) is 112 cm³/mol. The van der Waals surface area contributed by atoms with E-state index in [0.717, 1.165) is 24.8 Å². The molecule has 29 heavy (non-hydrogen) atoms. The summed E-state index contributed by atoms with van der Waals surface area (Å²) in [4.78, 5) is 16.6. The van der Waals surface area contributed by atoms with Crippen molar-refractivity contribution < 1.29 is 13.2 Å². The highest BCUT2D eigenvalue weighted by Gasteiger charge is 2.22. The Morgan fingerprint density at radius 2 is 2.03 bits per heavy atom. The van der Waals surface area contributed by atoms with Crippen LogP contribution in [-0.4, -0.2) is 58.6 Å². The summed E-state index contributed by atoms with van der Waals surface area (Å²) in [5.74, 6) is -0.382. The van der Waals surface area contributed by atoms with Gasteiger partial charge in [-0.1, -0.05) is 37.3 Å². The van der Waals surface area contributed by atoms with Crippen molar-refractivity contribution in [2.75, 3.05) is 25.4 Å². The number of carbonyl (C=O) groups is 1. The van der Waals surface area contributed by atoms with Crippen LogP contribution >= 0.6 is 0 Å². The van der Waals surface area contributed by atoms with Crippen LogP contribution in [0.4, 0.5) is 0 Å². The maximum absolute atomic E-state index is 12.4. The number of amides is 1. The molecule has 9 heteroatoms. The average Bonchev–Trinajstić information content (AvgIpc) is 3.20. The van der Waals surface area contributed by atoms with Gasteiger partial charge in [0.15, 0.2) is 5.65 Å². The number of hydrogen-bond donors (Lipinski definition) is 1. The molecule has 1 aliphatic heterocycles. The van der Waals surface area contributed by atoms with Crippen molar-refractivity contribution in [3.63, 3.8) is 0 Å². The van der Waals surface area contributed by atoms with Crippen LogP contribution in [0.2, 0.25) is 0 Å². The van der Waals surface area contributed by atoms with Crippen LogP contribution in [0.15, 0.2) is 61.0 Å². The first-order valence-electron chi connectivity index (χ1n) is 9.54. The molecule has 2 aromatic rings. The standard InChI is InChI=1S/C20H25N5O3S/c1-2-7-17(8-6-15-29(27,28)24-12-4-3-5-13-24)16-21-20(26)18-10-14-25-19(23-18)9-11-22-25/h2,6-11,14H,1,3-5,12-13,15-16H2,(H,21,26)/b8-6-,17-7+. The van der Waals surface area contributed by atoms with Crippen LogP contribution in [0.1, 0.15) is 29.8 Å². The summed E-state index contributed by atoms with van der Waals surface area (Å²) >= 11 is 0. The van der Waals surface area contributed by atoms with Gasteiger partial charge in [0.2, 0.25) is 10.0 Å². The van der Waals surface area contributed by atoms with Gasteiger partial charge in [0.1, 0.15) is 5.69 Å². The number of carbonyl (C=O) groups excluding carboxylic acids is 1. The molecule has 1 aliphatic rings. The highest BCUT2D eigenvalue weighted by Crippen LogP contribution is 2.13. The van der Waals surface area contributed by atoms with E-state index in [1.54, 1.807) is 57.7 Å². The zero-order valence-corrected chi connectivity index (χ0v) is 17.0. The molecule has 0 unspecified atom stereocenters. The molecule has 0 saturated carbocycles. The Hall–Kier alpha value is -2.78. The van der Waals surface area contributed by atoms with E-state index in [0.29, 0.717) is 18.7 Å². The molecule has 154 valence electrons. The Morgan fingerprint density at radius 3 is 2.79 bits per heavy atom. The largest absolute Gasteiger partial charge is 0.347 e. The molecule has 1 fully saturated rings. The fourth-order valence-electron chi connectivity index (χ4n) is 3.11. The van der Waals surface area contributed by atoms with Crippen molar-refractivity contribution in [2.45, 2.75) is 19.3 Å². The Labute approximate surface area is 170 Å². The molecular weight excluding hydrogens is 390 g/mol. The van der Waals surface area contributed by atoms with E-state index in [9.17, 15) is 13.2 Å². The number of sulfonamides is 1. The number of hydrogen-bond acceptors (Lipinski definition) is 5. The van der Waals surface area contributed by atoms with Crippen molar-refractivity contribution in [2.24, 2.45) is 0 Å². The van der Waals surface area contributed by atoms with E-state index in [-0.39, 0.29) is 23.9 Å². The third-order valence-corrected chi connectivity index (χ3v) is 6.39. The fourth-order valence-corrected chi connectivity index (χ4v) is 4.47. The van der Waals surface area contributed by atoms with Gasteiger partial charge in [-0.2, -0.15) is 5.10 Å². The fraction of sp³-hybridized carbons (Fsp3) is 0.350. The van der Waals surface area contributed by atoms with Crippen LogP contribution in [0.5, 0.6) is 0 Å². The van der Waals surface area contributed by atoms with Crippen molar-refractivity contribution >= 4 is 21.6 Å². The maximum atomic E-state index is 12.4. The number of fused-ring (bicyclic) bond motifs is 1. The lowest BCUT2D eigenvalue weighted by Gasteiger charge is -2.25. The van der Waals surface area contributed by atoms with Gasteiger partial charge in [-0.15, -0.1) is 0 Å². The smallest absolute Gasteiger partial charge is 0.270 e. The molecule has 1 saturated heterocycles. The summed E-state index contributed by atoms with van der Waals surface area (Å²) in [6.07, 6.45) is 12.8. The van der Waals surface area contributed by atoms with Gasteiger partial charge in [-0.25, -0.2) is 22.2 Å². The summed E-state index contributed by atoms with van der Waals surface area (Å²) in [5, 5.41) is 6.84. The summed E-state index contributed by atoms with van der Waals surface area (Å²) in [6, 6.07) is 3.30. The zero-order valence-electron chi connectivity index (χ0n) is 16.2. The number of rotatable bonds is 8. The third-order valence-electron chi connectivity index (χ3n) is 4.62. The zero-order chi connectivity index (χ0) is 20.7. The molecule has 0 radical (unpaired) electrons. The van der Waals surface area contributed by atoms with Crippen LogP contribution in [-0.2, 0) is 10.0 Å². The topological polar surface area (TPSA) is 96.7 Å². The van der Waals surface area contributed by atoms with Crippen molar-refractivity contribution in [3.8, 4) is 0 Å². The summed E-state index contributed by atoms with van der Waals surface area (Å²) in [5.41, 5.74) is 1.61. The van der Waals surface area contributed by atoms with E-state index in [1.165, 1.54) is 0 Å². The van der Waals surface area contributed by atoms with Gasteiger partial charge < -0.3 is 5.32 Å². The lowest BCUT2D eigenvalue weighted by molar-refractivity contribution is 0.0952. The third kappa shape index (κ3) is 5.61. The van der Waals surface area contributed by atoms with E-state index >= 15 is 0 Å². The molecule has 8 nitrogen and oxygen atoms in total. The molecule has 0 bridgehead atoms. The minimum absolute atomic E-state index is 0.0606. The molecular formula is C20H25N5O3S. The second-order valence-electron chi connectivity index (χ2n) is 6.75. The molecule has 0 aliphatic carbocycles. The Balaban J connectivity index is 1.58. The van der Waals surface area contributed by atoms with Crippen LogP contribution < -0.4 is 5.32 Å². The molecule has 0 spiro atoms. The minimum atomic E-state index is -3.30. The number of aromatic nitrogens is 3. The monoisotopic (exact) mass is 415 g/mol. The molecule has 1 N–H and O–H groups in total. The summed E-state index contributed by atoms with van der Waals surface area (Å²) < 4.78 is 27.9. The highest BCUT2D eigenvalue weighted by atomic mass is 32.2. The van der Waals surface area contributed by atoms with Crippen LogP contribution in [0.25, 0.3) is 5.65 Å². The molecule has 0 aromatic carbocycles. The van der Waals surface area contributed by atoms with Crippen LogP contribution in [0.3, 0.4) is 0 Å². The summed E-state index contributed by atoms with van der Waals surface area (Å²) in [7, 11) is -3.30. The quantitative estimate of drug-likeness (QED) is 0.665. The van der Waals surface area contributed by atoms with Gasteiger partial charge in [0.25, 0.3) is 5.91 Å². The molecule has 0 atom stereocenters. The molecule has 3 heterocycles. The minimum Gasteiger partial charge on any atom is -0.347 e. The predicted octanol–water partition coefficient (Wildman–Crippen LogP) is 1.94. The second kappa shape index (κ2) is 9.62.